The van der Waals surface area contributed by atoms with Crippen molar-refractivity contribution >= 4 is 11.6 Å². The molecule has 0 atom stereocenters. The summed E-state index contributed by atoms with van der Waals surface area (Å²) < 4.78 is 12.8. The number of aromatic nitrogens is 3. The van der Waals surface area contributed by atoms with Crippen LogP contribution in [-0.2, 0) is 0 Å². The highest BCUT2D eigenvalue weighted by atomic mass is 19.1. The minimum Gasteiger partial charge on any atom is -0.324 e. The lowest BCUT2D eigenvalue weighted by molar-refractivity contribution is 0.534. The summed E-state index contributed by atoms with van der Waals surface area (Å²) in [5, 5.41) is 2.99. The molecule has 0 fully saturated rings. The van der Waals surface area contributed by atoms with E-state index >= 15 is 0 Å². The monoisotopic (exact) mass is 232 g/mol. The number of nitrogens with one attached hydrogen (secondary N) is 1. The van der Waals surface area contributed by atoms with Crippen molar-refractivity contribution in [2.24, 2.45) is 0 Å². The van der Waals surface area contributed by atoms with Crippen molar-refractivity contribution < 1.29 is 4.39 Å². The first-order valence-electron chi connectivity index (χ1n) is 5.37. The molecule has 88 valence electrons. The Morgan fingerprint density at radius 3 is 2.65 bits per heavy atom. The third kappa shape index (κ3) is 2.75. The Morgan fingerprint density at radius 2 is 1.94 bits per heavy atom. The van der Waals surface area contributed by atoms with E-state index in [4.69, 9.17) is 0 Å². The number of halogens is 1. The van der Waals surface area contributed by atoms with Crippen molar-refractivity contribution in [3.63, 3.8) is 0 Å². The van der Waals surface area contributed by atoms with Crippen LogP contribution in [0.15, 0.2) is 30.6 Å². The van der Waals surface area contributed by atoms with E-state index in [0.717, 1.165) is 17.6 Å². The van der Waals surface area contributed by atoms with Crippen molar-refractivity contribution in [3.8, 4) is 0 Å². The summed E-state index contributed by atoms with van der Waals surface area (Å²) in [6.07, 6.45) is 0.354. The van der Waals surface area contributed by atoms with Crippen LogP contribution in [-0.4, -0.2) is 15.0 Å². The normalized spacial score (nSPS) is 10.6. The Balaban J connectivity index is 2.30. The van der Waals surface area contributed by atoms with E-state index in [1.165, 1.54) is 0 Å². The van der Waals surface area contributed by atoms with E-state index < -0.39 is 6.08 Å². The van der Waals surface area contributed by atoms with Gasteiger partial charge in [0.15, 0.2) is 0 Å². The molecule has 0 aliphatic heterocycles. The Morgan fingerprint density at radius 1 is 1.18 bits per heavy atom. The van der Waals surface area contributed by atoms with Gasteiger partial charge in [0, 0.05) is 5.69 Å². The Hall–Kier alpha value is -2.04. The van der Waals surface area contributed by atoms with Crippen LogP contribution in [0.25, 0.3) is 0 Å². The lowest BCUT2D eigenvalue weighted by Gasteiger charge is -2.12. The molecule has 0 aliphatic rings. The number of nitrogens with zero attached hydrogens (tertiary/aromatic N) is 3. The Labute approximate surface area is 99.0 Å². The minimum absolute atomic E-state index is 0.214. The Kier molecular flexibility index (Phi) is 3.27. The van der Waals surface area contributed by atoms with Gasteiger partial charge < -0.3 is 5.32 Å². The Bertz CT molecular complexity index is 513. The second-order valence-corrected chi connectivity index (χ2v) is 3.95. The fourth-order valence-electron chi connectivity index (χ4n) is 1.57. The fourth-order valence-corrected chi connectivity index (χ4v) is 1.57. The standard InChI is InChI=1S/C12H13FN4/c1-8(2)9-5-3-4-6-10(9)16-12-15-7-14-11(13)17-12/h3-8H,1-2H3,(H,14,15,16,17). The molecule has 1 N–H and O–H groups in total. The highest BCUT2D eigenvalue weighted by Gasteiger charge is 2.07. The summed E-state index contributed by atoms with van der Waals surface area (Å²) in [5.41, 5.74) is 2.02. The van der Waals surface area contributed by atoms with Gasteiger partial charge in [-0.1, -0.05) is 32.0 Å². The van der Waals surface area contributed by atoms with Gasteiger partial charge in [0.05, 0.1) is 0 Å². The first-order valence-corrected chi connectivity index (χ1v) is 5.37. The molecule has 2 aromatic rings. The van der Waals surface area contributed by atoms with Gasteiger partial charge in [-0.3, -0.25) is 0 Å². The van der Waals surface area contributed by atoms with Crippen molar-refractivity contribution in [1.29, 1.82) is 0 Å². The molecule has 0 unspecified atom stereocenters. The van der Waals surface area contributed by atoms with Crippen molar-refractivity contribution in [2.75, 3.05) is 5.32 Å². The predicted molar refractivity (Wildman–Crippen MR) is 63.6 cm³/mol. The van der Waals surface area contributed by atoms with Gasteiger partial charge in [-0.05, 0) is 17.5 Å². The number of hydrogen-bond acceptors (Lipinski definition) is 4. The van der Waals surface area contributed by atoms with E-state index in [0.29, 0.717) is 5.92 Å². The molecule has 0 bridgehead atoms. The van der Waals surface area contributed by atoms with Crippen LogP contribution in [0.1, 0.15) is 25.3 Å². The average Bonchev–Trinajstić information content (AvgIpc) is 2.29. The molecule has 1 aromatic carbocycles. The summed E-state index contributed by atoms with van der Waals surface area (Å²) >= 11 is 0. The molecule has 0 spiro atoms. The second-order valence-electron chi connectivity index (χ2n) is 3.95. The van der Waals surface area contributed by atoms with E-state index in [2.05, 4.69) is 34.1 Å². The molecule has 0 amide bonds. The van der Waals surface area contributed by atoms with Crippen LogP contribution < -0.4 is 5.32 Å². The van der Waals surface area contributed by atoms with Gasteiger partial charge in [0.1, 0.15) is 6.33 Å². The fraction of sp³-hybridized carbons (Fsp3) is 0.250. The zero-order valence-electron chi connectivity index (χ0n) is 9.68. The second kappa shape index (κ2) is 4.86. The van der Waals surface area contributed by atoms with E-state index in [9.17, 15) is 4.39 Å². The van der Waals surface area contributed by atoms with Gasteiger partial charge in [-0.25, -0.2) is 4.98 Å². The van der Waals surface area contributed by atoms with Crippen LogP contribution in [0, 0.1) is 6.08 Å². The van der Waals surface area contributed by atoms with Gasteiger partial charge in [0.2, 0.25) is 5.95 Å². The molecule has 0 aliphatic carbocycles. The van der Waals surface area contributed by atoms with Crippen LogP contribution in [0.3, 0.4) is 0 Å². The van der Waals surface area contributed by atoms with Crippen molar-refractivity contribution in [2.45, 2.75) is 19.8 Å². The van der Waals surface area contributed by atoms with Gasteiger partial charge in [0.25, 0.3) is 0 Å². The maximum absolute atomic E-state index is 12.8. The summed E-state index contributed by atoms with van der Waals surface area (Å²) in [6.45, 7) is 4.18. The number of para-hydroxylation sites is 1. The molecule has 2 rings (SSSR count). The number of hydrogen-bond donors (Lipinski definition) is 1. The third-order valence-corrected chi connectivity index (χ3v) is 2.37. The molecule has 0 radical (unpaired) electrons. The summed E-state index contributed by atoms with van der Waals surface area (Å²) in [5.74, 6) is 0.580. The smallest absolute Gasteiger partial charge is 0.313 e. The van der Waals surface area contributed by atoms with Crippen molar-refractivity contribution in [3.05, 3.63) is 42.2 Å². The third-order valence-electron chi connectivity index (χ3n) is 2.37. The van der Waals surface area contributed by atoms with Crippen LogP contribution in [0.5, 0.6) is 0 Å². The SMILES string of the molecule is CC(C)c1ccccc1Nc1ncnc(F)n1. The first kappa shape index (κ1) is 11.4. The molecular weight excluding hydrogens is 219 g/mol. The summed E-state index contributed by atoms with van der Waals surface area (Å²) in [4.78, 5) is 10.7. The quantitative estimate of drug-likeness (QED) is 0.884. The van der Waals surface area contributed by atoms with Gasteiger partial charge in [-0.2, -0.15) is 14.4 Å². The number of benzene rings is 1. The van der Waals surface area contributed by atoms with E-state index in [1.807, 2.05) is 24.3 Å². The van der Waals surface area contributed by atoms with Crippen molar-refractivity contribution in [1.82, 2.24) is 15.0 Å². The zero-order chi connectivity index (χ0) is 12.3. The van der Waals surface area contributed by atoms with E-state index in [1.54, 1.807) is 0 Å². The molecule has 0 saturated carbocycles. The highest BCUT2D eigenvalue weighted by Crippen LogP contribution is 2.25. The largest absolute Gasteiger partial charge is 0.324 e. The highest BCUT2D eigenvalue weighted by molar-refractivity contribution is 5.59. The van der Waals surface area contributed by atoms with E-state index in [-0.39, 0.29) is 5.95 Å². The van der Waals surface area contributed by atoms with Crippen LogP contribution in [0.4, 0.5) is 16.0 Å². The summed E-state index contributed by atoms with van der Waals surface area (Å²) in [7, 11) is 0. The lowest BCUT2D eigenvalue weighted by atomic mass is 10.0. The maximum atomic E-state index is 12.8. The number of rotatable bonds is 3. The predicted octanol–water partition coefficient (Wildman–Crippen LogP) is 2.88. The number of anilines is 2. The molecule has 4 nitrogen and oxygen atoms in total. The first-order chi connectivity index (χ1) is 8.16. The molecule has 1 heterocycles. The molecular formula is C12H13FN4. The molecule has 1 aromatic heterocycles. The zero-order valence-corrected chi connectivity index (χ0v) is 9.68. The topological polar surface area (TPSA) is 50.7 Å². The maximum Gasteiger partial charge on any atom is 0.313 e. The molecule has 0 saturated heterocycles. The van der Waals surface area contributed by atoms with Gasteiger partial charge in [-0.15, -0.1) is 0 Å². The average molecular weight is 232 g/mol. The summed E-state index contributed by atoms with van der Waals surface area (Å²) in [6, 6.07) is 7.81. The van der Waals surface area contributed by atoms with Crippen LogP contribution in [0.2, 0.25) is 0 Å². The molecule has 17 heavy (non-hydrogen) atoms. The lowest BCUT2D eigenvalue weighted by Crippen LogP contribution is -2.03. The minimum atomic E-state index is -0.787. The van der Waals surface area contributed by atoms with Crippen LogP contribution >= 0.6 is 0 Å². The molecule has 5 heteroatoms. The van der Waals surface area contributed by atoms with Gasteiger partial charge >= 0.3 is 6.08 Å².